The zero-order valence-corrected chi connectivity index (χ0v) is 14.0. The van der Waals surface area contributed by atoms with Gasteiger partial charge >= 0.3 is 0 Å². The second-order valence-corrected chi connectivity index (χ2v) is 6.38. The lowest BCUT2D eigenvalue weighted by atomic mass is 10.2. The van der Waals surface area contributed by atoms with E-state index >= 15 is 0 Å². The topological polar surface area (TPSA) is 62.3 Å². The smallest absolute Gasteiger partial charge is 0.263 e. The Bertz CT molecular complexity index is 700. The molecule has 0 saturated heterocycles. The maximum atomic E-state index is 12.2. The first-order valence-electron chi connectivity index (χ1n) is 6.63. The normalized spacial score (nSPS) is 11.8. The zero-order valence-electron chi connectivity index (χ0n) is 12.5. The third-order valence-electron chi connectivity index (χ3n) is 2.99. The van der Waals surface area contributed by atoms with Gasteiger partial charge in [-0.15, -0.1) is 11.3 Å². The molecule has 0 radical (unpaired) electrons. The minimum absolute atomic E-state index is 0.163. The summed E-state index contributed by atoms with van der Waals surface area (Å²) in [5.41, 5.74) is 0.783. The summed E-state index contributed by atoms with van der Waals surface area (Å²) in [5, 5.41) is 3.92. The summed E-state index contributed by atoms with van der Waals surface area (Å²) in [6.07, 6.45) is 1.49. The lowest BCUT2D eigenvalue weighted by Crippen LogP contribution is -2.44. The summed E-state index contributed by atoms with van der Waals surface area (Å²) < 4.78 is 0. The molecule has 0 aliphatic rings. The summed E-state index contributed by atoms with van der Waals surface area (Å²) in [7, 11) is 3.29. The van der Waals surface area contributed by atoms with Gasteiger partial charge in [-0.2, -0.15) is 0 Å². The first-order valence-corrected chi connectivity index (χ1v) is 7.82. The largest absolute Gasteiger partial charge is 0.347 e. The molecule has 2 rings (SSSR count). The molecule has 2 amide bonds. The average molecular weight is 338 g/mol. The Kier molecular flexibility index (Phi) is 5.15. The van der Waals surface area contributed by atoms with Crippen molar-refractivity contribution >= 4 is 34.8 Å². The van der Waals surface area contributed by atoms with Gasteiger partial charge in [0.2, 0.25) is 5.91 Å². The summed E-state index contributed by atoms with van der Waals surface area (Å²) >= 11 is 7.36. The van der Waals surface area contributed by atoms with Crippen LogP contribution in [0.5, 0.6) is 0 Å². The molecule has 0 aliphatic heterocycles. The Balaban J connectivity index is 2.13. The highest BCUT2D eigenvalue weighted by Crippen LogP contribution is 2.30. The van der Waals surface area contributed by atoms with Gasteiger partial charge in [0.25, 0.3) is 5.91 Å². The molecular formula is C15H16ClN3O2S. The number of aromatic nitrogens is 1. The van der Waals surface area contributed by atoms with Crippen LogP contribution in [0.1, 0.15) is 16.6 Å². The van der Waals surface area contributed by atoms with Crippen LogP contribution in [-0.4, -0.2) is 41.8 Å². The lowest BCUT2D eigenvalue weighted by Gasteiger charge is -2.17. The van der Waals surface area contributed by atoms with Crippen LogP contribution in [0.4, 0.5) is 0 Å². The third kappa shape index (κ3) is 3.64. The number of benzene rings is 1. The van der Waals surface area contributed by atoms with Gasteiger partial charge < -0.3 is 10.2 Å². The van der Waals surface area contributed by atoms with E-state index in [1.165, 1.54) is 22.4 Å². The Morgan fingerprint density at radius 2 is 2.00 bits per heavy atom. The van der Waals surface area contributed by atoms with E-state index in [1.807, 2.05) is 18.2 Å². The molecule has 0 bridgehead atoms. The van der Waals surface area contributed by atoms with E-state index in [-0.39, 0.29) is 11.8 Å². The molecule has 1 N–H and O–H groups in total. The maximum Gasteiger partial charge on any atom is 0.263 e. The van der Waals surface area contributed by atoms with Gasteiger partial charge in [0.05, 0.1) is 11.2 Å². The van der Waals surface area contributed by atoms with Crippen LogP contribution in [0, 0.1) is 0 Å². The van der Waals surface area contributed by atoms with E-state index in [9.17, 15) is 9.59 Å². The van der Waals surface area contributed by atoms with Crippen LogP contribution < -0.4 is 5.32 Å². The first-order chi connectivity index (χ1) is 10.4. The van der Waals surface area contributed by atoms with Crippen molar-refractivity contribution in [3.05, 3.63) is 40.4 Å². The average Bonchev–Trinajstić information content (AvgIpc) is 2.96. The minimum Gasteiger partial charge on any atom is -0.347 e. The number of amides is 2. The molecule has 0 unspecified atom stereocenters. The number of nitrogens with one attached hydrogen (secondary N) is 1. The molecule has 1 heterocycles. The predicted molar refractivity (Wildman–Crippen MR) is 88.2 cm³/mol. The third-order valence-corrected chi connectivity index (χ3v) is 4.35. The summed E-state index contributed by atoms with van der Waals surface area (Å²) in [5.74, 6) is -0.484. The number of thiazole rings is 1. The van der Waals surface area contributed by atoms with Crippen molar-refractivity contribution in [1.82, 2.24) is 15.2 Å². The molecule has 22 heavy (non-hydrogen) atoms. The quantitative estimate of drug-likeness (QED) is 0.933. The number of hydrogen-bond acceptors (Lipinski definition) is 4. The molecule has 1 atom stereocenters. The van der Waals surface area contributed by atoms with Crippen molar-refractivity contribution in [3.8, 4) is 10.6 Å². The Morgan fingerprint density at radius 3 is 2.64 bits per heavy atom. The van der Waals surface area contributed by atoms with Crippen LogP contribution >= 0.6 is 22.9 Å². The van der Waals surface area contributed by atoms with Gasteiger partial charge in [-0.1, -0.05) is 29.8 Å². The molecule has 0 saturated carbocycles. The van der Waals surface area contributed by atoms with Crippen LogP contribution in [0.25, 0.3) is 10.6 Å². The molecule has 1 aromatic heterocycles. The second kappa shape index (κ2) is 6.89. The highest BCUT2D eigenvalue weighted by molar-refractivity contribution is 7.17. The molecule has 5 nitrogen and oxygen atoms in total. The van der Waals surface area contributed by atoms with Crippen LogP contribution in [0.2, 0.25) is 5.02 Å². The molecule has 1 aromatic carbocycles. The number of carbonyl (C=O) groups is 2. The van der Waals surface area contributed by atoms with E-state index < -0.39 is 6.04 Å². The van der Waals surface area contributed by atoms with Crippen molar-refractivity contribution in [1.29, 1.82) is 0 Å². The van der Waals surface area contributed by atoms with Crippen molar-refractivity contribution in [3.63, 3.8) is 0 Å². The number of nitrogens with zero attached hydrogens (tertiary/aromatic N) is 2. The minimum atomic E-state index is -0.589. The summed E-state index contributed by atoms with van der Waals surface area (Å²) in [6.45, 7) is 1.65. The van der Waals surface area contributed by atoms with Crippen molar-refractivity contribution in [2.45, 2.75) is 13.0 Å². The Labute approximate surface area is 137 Å². The number of hydrogen-bond donors (Lipinski definition) is 1. The molecule has 116 valence electrons. The molecule has 0 fully saturated rings. The van der Waals surface area contributed by atoms with Gasteiger partial charge in [-0.25, -0.2) is 4.98 Å². The summed E-state index contributed by atoms with van der Waals surface area (Å²) in [4.78, 5) is 30.0. The van der Waals surface area contributed by atoms with E-state index in [0.29, 0.717) is 14.9 Å². The second-order valence-electron chi connectivity index (χ2n) is 4.94. The zero-order chi connectivity index (χ0) is 16.3. The molecule has 0 spiro atoms. The fourth-order valence-corrected chi connectivity index (χ4v) is 3.00. The highest BCUT2D eigenvalue weighted by Gasteiger charge is 2.20. The SMILES string of the molecule is C[C@H](NC(=O)c1cnc(-c2ccccc2Cl)s1)C(=O)N(C)C. The van der Waals surface area contributed by atoms with Crippen LogP contribution in [-0.2, 0) is 4.79 Å². The fourth-order valence-electron chi connectivity index (χ4n) is 1.86. The Morgan fingerprint density at radius 1 is 1.32 bits per heavy atom. The number of carbonyl (C=O) groups excluding carboxylic acids is 2. The van der Waals surface area contributed by atoms with E-state index in [0.717, 1.165) is 5.56 Å². The molecular weight excluding hydrogens is 322 g/mol. The first kappa shape index (κ1) is 16.5. The van der Waals surface area contributed by atoms with Gasteiger partial charge in [-0.3, -0.25) is 9.59 Å². The highest BCUT2D eigenvalue weighted by atomic mass is 35.5. The van der Waals surface area contributed by atoms with Gasteiger partial charge in [-0.05, 0) is 13.0 Å². The van der Waals surface area contributed by atoms with Crippen LogP contribution in [0.3, 0.4) is 0 Å². The molecule has 7 heteroatoms. The fraction of sp³-hybridized carbons (Fsp3) is 0.267. The van der Waals surface area contributed by atoms with E-state index in [1.54, 1.807) is 27.1 Å². The van der Waals surface area contributed by atoms with Gasteiger partial charge in [0.15, 0.2) is 0 Å². The van der Waals surface area contributed by atoms with Gasteiger partial charge in [0, 0.05) is 19.7 Å². The summed E-state index contributed by atoms with van der Waals surface area (Å²) in [6, 6.07) is 6.73. The predicted octanol–water partition coefficient (Wildman–Crippen LogP) is 2.67. The number of halogens is 1. The molecule has 2 aromatic rings. The van der Waals surface area contributed by atoms with Crippen molar-refractivity contribution in [2.75, 3.05) is 14.1 Å². The van der Waals surface area contributed by atoms with E-state index in [2.05, 4.69) is 10.3 Å². The Hall–Kier alpha value is -1.92. The lowest BCUT2D eigenvalue weighted by molar-refractivity contribution is -0.130. The number of rotatable bonds is 4. The van der Waals surface area contributed by atoms with Gasteiger partial charge in [0.1, 0.15) is 15.9 Å². The monoisotopic (exact) mass is 337 g/mol. The van der Waals surface area contributed by atoms with Crippen molar-refractivity contribution in [2.24, 2.45) is 0 Å². The number of likely N-dealkylation sites (N-methyl/N-ethyl adjacent to an activating group) is 1. The van der Waals surface area contributed by atoms with Crippen molar-refractivity contribution < 1.29 is 9.59 Å². The standard InChI is InChI=1S/C15H16ClN3O2S/c1-9(15(21)19(2)3)18-13(20)12-8-17-14(22-12)10-6-4-5-7-11(10)16/h4-9H,1-3H3,(H,18,20)/t9-/m0/s1. The van der Waals surface area contributed by atoms with E-state index in [4.69, 9.17) is 11.6 Å². The molecule has 0 aliphatic carbocycles. The van der Waals surface area contributed by atoms with Crippen LogP contribution in [0.15, 0.2) is 30.5 Å². The maximum absolute atomic E-state index is 12.2.